The van der Waals surface area contributed by atoms with E-state index in [0.29, 0.717) is 11.0 Å². The van der Waals surface area contributed by atoms with Crippen LogP contribution in [-0.4, -0.2) is 18.5 Å². The van der Waals surface area contributed by atoms with E-state index in [1.807, 2.05) is 6.92 Å². The third-order valence-corrected chi connectivity index (χ3v) is 2.99. The lowest BCUT2D eigenvalue weighted by Crippen LogP contribution is -2.37. The van der Waals surface area contributed by atoms with Gasteiger partial charge in [0.25, 0.3) is 0 Å². The second-order valence-electron chi connectivity index (χ2n) is 3.84. The van der Waals surface area contributed by atoms with Crippen molar-refractivity contribution in [2.45, 2.75) is 26.8 Å². The highest BCUT2D eigenvalue weighted by atomic mass is 79.9. The number of hydrogen-bond acceptors (Lipinski definition) is 2. The summed E-state index contributed by atoms with van der Waals surface area (Å²) in [7, 11) is 0. The zero-order valence-corrected chi connectivity index (χ0v) is 11.7. The number of likely N-dealkylation sites (N-methyl/N-ethyl adjacent to an activating group) is 1. The number of amides is 1. The van der Waals surface area contributed by atoms with Crippen LogP contribution in [0.3, 0.4) is 0 Å². The predicted molar refractivity (Wildman–Crippen MR) is 70.6 cm³/mol. The molecular formula is C12H16BrFN2O. The molecule has 0 radical (unpaired) electrons. The summed E-state index contributed by atoms with van der Waals surface area (Å²) in [4.78, 5) is 11.6. The van der Waals surface area contributed by atoms with Gasteiger partial charge in [-0.15, -0.1) is 0 Å². The third-order valence-electron chi connectivity index (χ3n) is 2.38. The molecule has 0 spiro atoms. The summed E-state index contributed by atoms with van der Waals surface area (Å²) in [5.41, 5.74) is 1.51. The van der Waals surface area contributed by atoms with Crippen molar-refractivity contribution >= 4 is 27.5 Å². The summed E-state index contributed by atoms with van der Waals surface area (Å²) in [6.45, 7) is 6.02. The smallest absolute Gasteiger partial charge is 0.242 e. The number of hydrogen-bond donors (Lipinski definition) is 2. The summed E-state index contributed by atoms with van der Waals surface area (Å²) >= 11 is 3.12. The van der Waals surface area contributed by atoms with Crippen LogP contribution in [0.4, 0.5) is 10.1 Å². The zero-order valence-electron chi connectivity index (χ0n) is 10.1. The van der Waals surface area contributed by atoms with Gasteiger partial charge in [-0.3, -0.25) is 4.79 Å². The van der Waals surface area contributed by atoms with E-state index in [4.69, 9.17) is 0 Å². The molecule has 17 heavy (non-hydrogen) atoms. The van der Waals surface area contributed by atoms with Gasteiger partial charge in [0, 0.05) is 12.2 Å². The number of carbonyl (C=O) groups is 1. The number of aryl methyl sites for hydroxylation is 1. The molecule has 1 aromatic rings. The normalized spacial score (nSPS) is 12.1. The molecule has 2 N–H and O–H groups in total. The van der Waals surface area contributed by atoms with Gasteiger partial charge in [0.15, 0.2) is 0 Å². The first-order valence-electron chi connectivity index (χ1n) is 5.45. The molecule has 0 fully saturated rings. The van der Waals surface area contributed by atoms with Crippen LogP contribution < -0.4 is 10.6 Å². The summed E-state index contributed by atoms with van der Waals surface area (Å²) in [5, 5.41) is 5.78. The van der Waals surface area contributed by atoms with E-state index in [0.717, 1.165) is 11.3 Å². The van der Waals surface area contributed by atoms with Crippen LogP contribution in [0.25, 0.3) is 0 Å². The molecule has 1 unspecified atom stereocenters. The maximum absolute atomic E-state index is 13.2. The maximum Gasteiger partial charge on any atom is 0.242 e. The fourth-order valence-electron chi connectivity index (χ4n) is 1.43. The monoisotopic (exact) mass is 302 g/mol. The number of carbonyl (C=O) groups excluding carboxylic acids is 1. The Hall–Kier alpha value is -1.10. The Labute approximate surface area is 109 Å². The van der Waals surface area contributed by atoms with Crippen LogP contribution >= 0.6 is 15.9 Å². The summed E-state index contributed by atoms with van der Waals surface area (Å²) in [5.74, 6) is -0.383. The lowest BCUT2D eigenvalue weighted by molar-refractivity contribution is -0.121. The molecule has 0 aliphatic heterocycles. The van der Waals surface area contributed by atoms with Crippen LogP contribution in [0.1, 0.15) is 19.4 Å². The lowest BCUT2D eigenvalue weighted by atomic mass is 10.1. The van der Waals surface area contributed by atoms with E-state index in [2.05, 4.69) is 26.6 Å². The van der Waals surface area contributed by atoms with Crippen molar-refractivity contribution in [2.24, 2.45) is 0 Å². The van der Waals surface area contributed by atoms with Gasteiger partial charge in [0.2, 0.25) is 5.91 Å². The van der Waals surface area contributed by atoms with E-state index >= 15 is 0 Å². The minimum absolute atomic E-state index is 0.0765. The zero-order chi connectivity index (χ0) is 13.0. The fraction of sp³-hybridized carbons (Fsp3) is 0.417. The van der Waals surface area contributed by atoms with Crippen molar-refractivity contribution in [1.82, 2.24) is 5.32 Å². The first kappa shape index (κ1) is 14.0. The van der Waals surface area contributed by atoms with Crippen molar-refractivity contribution in [3.8, 4) is 0 Å². The molecule has 0 aliphatic rings. The molecule has 0 bridgehead atoms. The fourth-order valence-corrected chi connectivity index (χ4v) is 1.77. The second kappa shape index (κ2) is 6.00. The largest absolute Gasteiger partial charge is 0.374 e. The number of halogens is 2. The quantitative estimate of drug-likeness (QED) is 0.898. The Morgan fingerprint density at radius 3 is 2.76 bits per heavy atom. The second-order valence-corrected chi connectivity index (χ2v) is 4.70. The number of rotatable bonds is 4. The van der Waals surface area contributed by atoms with Gasteiger partial charge < -0.3 is 10.6 Å². The summed E-state index contributed by atoms with van der Waals surface area (Å²) < 4.78 is 13.6. The summed E-state index contributed by atoms with van der Waals surface area (Å²) in [6.07, 6.45) is 0. The average molecular weight is 303 g/mol. The van der Waals surface area contributed by atoms with Crippen molar-refractivity contribution in [3.63, 3.8) is 0 Å². The van der Waals surface area contributed by atoms with Crippen LogP contribution in [-0.2, 0) is 4.79 Å². The van der Waals surface area contributed by atoms with Gasteiger partial charge in [0.05, 0.1) is 4.47 Å². The van der Waals surface area contributed by atoms with Gasteiger partial charge in [-0.25, -0.2) is 4.39 Å². The number of benzene rings is 1. The number of anilines is 1. The Balaban J connectivity index is 2.81. The minimum atomic E-state index is -0.356. The van der Waals surface area contributed by atoms with E-state index in [1.54, 1.807) is 19.9 Å². The van der Waals surface area contributed by atoms with E-state index < -0.39 is 0 Å². The molecule has 0 aromatic heterocycles. The molecule has 0 heterocycles. The topological polar surface area (TPSA) is 41.1 Å². The van der Waals surface area contributed by atoms with E-state index in [-0.39, 0.29) is 17.8 Å². The van der Waals surface area contributed by atoms with Crippen LogP contribution in [0, 0.1) is 12.7 Å². The van der Waals surface area contributed by atoms with E-state index in [1.165, 1.54) is 6.07 Å². The van der Waals surface area contributed by atoms with Gasteiger partial charge in [-0.1, -0.05) is 0 Å². The van der Waals surface area contributed by atoms with Gasteiger partial charge in [-0.2, -0.15) is 0 Å². The van der Waals surface area contributed by atoms with Crippen LogP contribution in [0.2, 0.25) is 0 Å². The highest BCUT2D eigenvalue weighted by Crippen LogP contribution is 2.24. The Bertz CT molecular complexity index is 423. The minimum Gasteiger partial charge on any atom is -0.374 e. The average Bonchev–Trinajstić information content (AvgIpc) is 2.26. The molecule has 0 saturated heterocycles. The SMILES string of the molecule is CCNC(=O)C(C)Nc1cc(Br)c(F)cc1C. The molecule has 1 rings (SSSR count). The van der Waals surface area contributed by atoms with Crippen LogP contribution in [0.15, 0.2) is 16.6 Å². The van der Waals surface area contributed by atoms with Crippen molar-refractivity contribution in [2.75, 3.05) is 11.9 Å². The standard InChI is InChI=1S/C12H16BrFN2O/c1-4-15-12(17)8(3)16-11-6-9(13)10(14)5-7(11)2/h5-6,8,16H,4H2,1-3H3,(H,15,17). The van der Waals surface area contributed by atoms with Gasteiger partial charge in [-0.05, 0) is 54.4 Å². The number of nitrogens with one attached hydrogen (secondary N) is 2. The van der Waals surface area contributed by atoms with Crippen LogP contribution in [0.5, 0.6) is 0 Å². The molecular weight excluding hydrogens is 287 g/mol. The molecule has 1 aromatic carbocycles. The summed E-state index contributed by atoms with van der Waals surface area (Å²) in [6, 6.07) is 2.71. The first-order chi connectivity index (χ1) is 7.95. The van der Waals surface area contributed by atoms with Crippen molar-refractivity contribution in [3.05, 3.63) is 28.0 Å². The Morgan fingerprint density at radius 2 is 2.18 bits per heavy atom. The predicted octanol–water partition coefficient (Wildman–Crippen LogP) is 2.83. The van der Waals surface area contributed by atoms with Gasteiger partial charge in [0.1, 0.15) is 11.9 Å². The molecule has 0 saturated carbocycles. The highest BCUT2D eigenvalue weighted by molar-refractivity contribution is 9.10. The van der Waals surface area contributed by atoms with Crippen molar-refractivity contribution < 1.29 is 9.18 Å². The Kier molecular flexibility index (Phi) is 4.93. The molecule has 1 amide bonds. The Morgan fingerprint density at radius 1 is 1.53 bits per heavy atom. The molecule has 5 heteroatoms. The molecule has 1 atom stereocenters. The maximum atomic E-state index is 13.2. The van der Waals surface area contributed by atoms with Crippen molar-refractivity contribution in [1.29, 1.82) is 0 Å². The first-order valence-corrected chi connectivity index (χ1v) is 6.25. The lowest BCUT2D eigenvalue weighted by Gasteiger charge is -2.16. The molecule has 94 valence electrons. The molecule has 0 aliphatic carbocycles. The molecule has 3 nitrogen and oxygen atoms in total. The van der Waals surface area contributed by atoms with Gasteiger partial charge >= 0.3 is 0 Å². The third kappa shape index (κ3) is 3.70. The van der Waals surface area contributed by atoms with E-state index in [9.17, 15) is 9.18 Å². The highest BCUT2D eigenvalue weighted by Gasteiger charge is 2.13.